The molecule has 0 N–H and O–H groups in total. The van der Waals surface area contributed by atoms with Crippen LogP contribution in [0.2, 0.25) is 0 Å². The second-order valence-corrected chi connectivity index (χ2v) is 7.74. The Hall–Kier alpha value is -3.15. The van der Waals surface area contributed by atoms with Crippen LogP contribution in [0.1, 0.15) is 40.9 Å². The maximum atomic E-state index is 13.0. The lowest BCUT2D eigenvalue weighted by molar-refractivity contribution is 0.0719. The molecule has 1 amide bonds. The topological polar surface area (TPSA) is 60.1 Å². The second kappa shape index (κ2) is 8.07. The quantitative estimate of drug-likeness (QED) is 0.687. The number of hydrogen-bond acceptors (Lipinski definition) is 3. The van der Waals surface area contributed by atoms with Gasteiger partial charge in [-0.3, -0.25) is 9.59 Å². The summed E-state index contributed by atoms with van der Waals surface area (Å²) in [5.74, 6) is 0.687. The number of aryl methyl sites for hydroxylation is 2. The van der Waals surface area contributed by atoms with Gasteiger partial charge in [-0.2, -0.15) is 0 Å². The first-order chi connectivity index (χ1) is 14.0. The van der Waals surface area contributed by atoms with Gasteiger partial charge in [0.1, 0.15) is 11.5 Å². The Labute approximate surface area is 170 Å². The number of carbonyl (C=O) groups excluding carboxylic acids is 1. The zero-order valence-corrected chi connectivity index (χ0v) is 17.0. The predicted octanol–water partition coefficient (Wildman–Crippen LogP) is 3.23. The minimum Gasteiger partial charge on any atom is -0.337 e. The smallest absolute Gasteiger partial charge is 0.274 e. The maximum Gasteiger partial charge on any atom is 0.274 e. The van der Waals surface area contributed by atoms with Crippen molar-refractivity contribution in [3.63, 3.8) is 0 Å². The van der Waals surface area contributed by atoms with Gasteiger partial charge in [0.15, 0.2) is 0 Å². The molecule has 0 saturated carbocycles. The molecule has 0 radical (unpaired) electrons. The summed E-state index contributed by atoms with van der Waals surface area (Å²) in [6.07, 6.45) is 6.90. The molecule has 0 aliphatic carbocycles. The molecule has 0 bridgehead atoms. The third-order valence-corrected chi connectivity index (χ3v) is 5.46. The van der Waals surface area contributed by atoms with Crippen molar-refractivity contribution in [3.8, 4) is 11.4 Å². The Bertz CT molecular complexity index is 1050. The average Bonchev–Trinajstić information content (AvgIpc) is 3.16. The van der Waals surface area contributed by atoms with Crippen LogP contribution in [0, 0.1) is 6.92 Å². The molecule has 29 heavy (non-hydrogen) atoms. The van der Waals surface area contributed by atoms with Gasteiger partial charge in [0.2, 0.25) is 0 Å². The third-order valence-electron chi connectivity index (χ3n) is 5.46. The Morgan fingerprint density at radius 2 is 1.79 bits per heavy atom. The SMILES string of the molecule is Cc1cc(-c2nc(C(=O)N3CCCCC3)cn2Cc2ccccc2)cn(C)c1=O. The van der Waals surface area contributed by atoms with E-state index in [1.54, 1.807) is 24.7 Å². The summed E-state index contributed by atoms with van der Waals surface area (Å²) in [7, 11) is 1.74. The van der Waals surface area contributed by atoms with Crippen molar-refractivity contribution in [1.29, 1.82) is 0 Å². The molecule has 6 heteroatoms. The molecular weight excluding hydrogens is 364 g/mol. The van der Waals surface area contributed by atoms with Gasteiger partial charge in [0.25, 0.3) is 11.5 Å². The number of imidazole rings is 1. The van der Waals surface area contributed by atoms with Crippen molar-refractivity contribution in [2.24, 2.45) is 7.05 Å². The number of nitrogens with zero attached hydrogens (tertiary/aromatic N) is 4. The van der Waals surface area contributed by atoms with Crippen LogP contribution in [0.3, 0.4) is 0 Å². The van der Waals surface area contributed by atoms with Crippen molar-refractivity contribution in [2.75, 3.05) is 13.1 Å². The van der Waals surface area contributed by atoms with Crippen LogP contribution in [-0.2, 0) is 13.6 Å². The zero-order valence-electron chi connectivity index (χ0n) is 17.0. The number of benzene rings is 1. The highest BCUT2D eigenvalue weighted by molar-refractivity contribution is 5.93. The van der Waals surface area contributed by atoms with Gasteiger partial charge in [-0.1, -0.05) is 30.3 Å². The molecule has 0 unspecified atom stereocenters. The highest BCUT2D eigenvalue weighted by Crippen LogP contribution is 2.22. The van der Waals surface area contributed by atoms with E-state index in [1.165, 1.54) is 6.42 Å². The molecule has 6 nitrogen and oxygen atoms in total. The first-order valence-corrected chi connectivity index (χ1v) is 10.1. The van der Waals surface area contributed by atoms with Crippen LogP contribution in [-0.4, -0.2) is 38.0 Å². The number of carbonyl (C=O) groups is 1. The summed E-state index contributed by atoms with van der Waals surface area (Å²) in [6, 6.07) is 12.0. The normalized spacial score (nSPS) is 14.2. The van der Waals surface area contributed by atoms with Crippen molar-refractivity contribution in [3.05, 3.63) is 76.0 Å². The molecule has 3 heterocycles. The fourth-order valence-corrected chi connectivity index (χ4v) is 3.91. The number of piperidine rings is 1. The van der Waals surface area contributed by atoms with Crippen LogP contribution in [0.15, 0.2) is 53.6 Å². The Morgan fingerprint density at radius 1 is 1.07 bits per heavy atom. The summed E-state index contributed by atoms with van der Waals surface area (Å²) >= 11 is 0. The fourth-order valence-electron chi connectivity index (χ4n) is 3.91. The molecule has 3 aromatic rings. The van der Waals surface area contributed by atoms with Crippen LogP contribution >= 0.6 is 0 Å². The minimum atomic E-state index is -0.0282. The van der Waals surface area contributed by atoms with E-state index >= 15 is 0 Å². The summed E-state index contributed by atoms with van der Waals surface area (Å²) in [6.45, 7) is 3.99. The predicted molar refractivity (Wildman–Crippen MR) is 113 cm³/mol. The van der Waals surface area contributed by atoms with Crippen molar-refractivity contribution in [2.45, 2.75) is 32.7 Å². The molecule has 1 saturated heterocycles. The lowest BCUT2D eigenvalue weighted by Crippen LogP contribution is -2.35. The highest BCUT2D eigenvalue weighted by Gasteiger charge is 2.23. The van der Waals surface area contributed by atoms with Gasteiger partial charge in [-0.05, 0) is 37.8 Å². The lowest BCUT2D eigenvalue weighted by Gasteiger charge is -2.25. The van der Waals surface area contributed by atoms with Gasteiger partial charge >= 0.3 is 0 Å². The van der Waals surface area contributed by atoms with Gasteiger partial charge in [-0.15, -0.1) is 0 Å². The van der Waals surface area contributed by atoms with E-state index in [0.717, 1.165) is 37.1 Å². The van der Waals surface area contributed by atoms with E-state index < -0.39 is 0 Å². The summed E-state index contributed by atoms with van der Waals surface area (Å²) < 4.78 is 3.57. The summed E-state index contributed by atoms with van der Waals surface area (Å²) in [4.78, 5) is 31.8. The van der Waals surface area contributed by atoms with Crippen molar-refractivity contribution >= 4 is 5.91 Å². The highest BCUT2D eigenvalue weighted by atomic mass is 16.2. The largest absolute Gasteiger partial charge is 0.337 e. The molecule has 0 atom stereocenters. The number of amides is 1. The Kier molecular flexibility index (Phi) is 5.34. The molecule has 1 aromatic carbocycles. The van der Waals surface area contributed by atoms with E-state index in [4.69, 9.17) is 4.98 Å². The second-order valence-electron chi connectivity index (χ2n) is 7.74. The van der Waals surface area contributed by atoms with E-state index in [2.05, 4.69) is 12.1 Å². The van der Waals surface area contributed by atoms with E-state index in [-0.39, 0.29) is 11.5 Å². The fraction of sp³-hybridized carbons (Fsp3) is 0.348. The Balaban J connectivity index is 1.76. The average molecular weight is 390 g/mol. The van der Waals surface area contributed by atoms with Crippen molar-refractivity contribution < 1.29 is 4.79 Å². The molecule has 2 aromatic heterocycles. The van der Waals surface area contributed by atoms with Gasteiger partial charge in [0, 0.05) is 50.2 Å². The standard InChI is InChI=1S/C23H26N4O2/c1-17-13-19(15-25(2)22(17)28)21-24-20(23(29)26-11-7-4-8-12-26)16-27(21)14-18-9-5-3-6-10-18/h3,5-6,9-10,13,15-16H,4,7-8,11-12,14H2,1-2H3. The van der Waals surface area contributed by atoms with Crippen LogP contribution in [0.25, 0.3) is 11.4 Å². The first kappa shape index (κ1) is 19.2. The molecule has 0 spiro atoms. The van der Waals surface area contributed by atoms with E-state index in [1.807, 2.05) is 39.9 Å². The summed E-state index contributed by atoms with van der Waals surface area (Å²) in [5, 5.41) is 0. The molecule has 1 aliphatic rings. The molecular formula is C23H26N4O2. The molecule has 4 rings (SSSR count). The van der Waals surface area contributed by atoms with Crippen molar-refractivity contribution in [1.82, 2.24) is 19.0 Å². The minimum absolute atomic E-state index is 0.0145. The van der Waals surface area contributed by atoms with Gasteiger partial charge in [-0.25, -0.2) is 4.98 Å². The summed E-state index contributed by atoms with van der Waals surface area (Å²) in [5.41, 5.74) is 3.05. The van der Waals surface area contributed by atoms with Gasteiger partial charge < -0.3 is 14.0 Å². The number of hydrogen-bond donors (Lipinski definition) is 0. The van der Waals surface area contributed by atoms with Crippen LogP contribution < -0.4 is 5.56 Å². The van der Waals surface area contributed by atoms with E-state index in [0.29, 0.717) is 23.6 Å². The lowest BCUT2D eigenvalue weighted by atomic mass is 10.1. The van der Waals surface area contributed by atoms with E-state index in [9.17, 15) is 9.59 Å². The number of likely N-dealkylation sites (tertiary alicyclic amines) is 1. The van der Waals surface area contributed by atoms with Crippen LogP contribution in [0.5, 0.6) is 0 Å². The zero-order chi connectivity index (χ0) is 20.4. The third kappa shape index (κ3) is 4.01. The molecule has 1 fully saturated rings. The van der Waals surface area contributed by atoms with Gasteiger partial charge in [0.05, 0.1) is 0 Å². The first-order valence-electron chi connectivity index (χ1n) is 10.1. The number of rotatable bonds is 4. The Morgan fingerprint density at radius 3 is 2.48 bits per heavy atom. The number of aromatic nitrogens is 3. The number of pyridine rings is 1. The maximum absolute atomic E-state index is 13.0. The molecule has 1 aliphatic heterocycles. The van der Waals surface area contributed by atoms with Crippen LogP contribution in [0.4, 0.5) is 0 Å². The molecule has 150 valence electrons. The monoisotopic (exact) mass is 390 g/mol.